The molecule has 33 heavy (non-hydrogen) atoms. The normalized spacial score (nSPS) is 11.3. The number of hydrogen-bond acceptors (Lipinski definition) is 5. The first-order valence-corrected chi connectivity index (χ1v) is 11.1. The molecule has 4 rings (SSSR count). The second-order valence-electron chi connectivity index (χ2n) is 7.30. The first-order chi connectivity index (χ1) is 15.8. The number of halogens is 2. The van der Waals surface area contributed by atoms with Crippen molar-refractivity contribution in [1.82, 2.24) is 14.3 Å². The zero-order valence-corrected chi connectivity index (χ0v) is 18.3. The third kappa shape index (κ3) is 4.91. The summed E-state index contributed by atoms with van der Waals surface area (Å²) in [6.07, 6.45) is 5.10. The smallest absolute Gasteiger partial charge is 0.258 e. The molecule has 0 amide bonds. The highest BCUT2D eigenvalue weighted by Gasteiger charge is 2.16. The minimum absolute atomic E-state index is 0.164. The van der Waals surface area contributed by atoms with Gasteiger partial charge in [0.25, 0.3) is 5.56 Å². The molecule has 0 fully saturated rings. The molecule has 0 radical (unpaired) electrons. The van der Waals surface area contributed by atoms with E-state index >= 15 is 0 Å². The monoisotopic (exact) mass is 471 g/mol. The van der Waals surface area contributed by atoms with Gasteiger partial charge in [0.15, 0.2) is 11.6 Å². The van der Waals surface area contributed by atoms with E-state index in [1.807, 2.05) is 0 Å². The number of thiol groups is 1. The Hall–Kier alpha value is -3.63. The van der Waals surface area contributed by atoms with E-state index in [0.29, 0.717) is 28.3 Å². The molecule has 10 heteroatoms. The third-order valence-corrected chi connectivity index (χ3v) is 5.57. The van der Waals surface area contributed by atoms with Gasteiger partial charge in [-0.2, -0.15) is 0 Å². The number of benzene rings is 2. The number of nitrogens with one attached hydrogen (secondary N) is 1. The Bertz CT molecular complexity index is 1480. The van der Waals surface area contributed by atoms with Crippen LogP contribution < -0.4 is 15.0 Å². The van der Waals surface area contributed by atoms with Crippen LogP contribution in [0.25, 0.3) is 21.9 Å². The van der Waals surface area contributed by atoms with E-state index in [-0.39, 0.29) is 23.6 Å². The van der Waals surface area contributed by atoms with Gasteiger partial charge in [-0.15, -0.1) is 0 Å². The lowest BCUT2D eigenvalue weighted by Gasteiger charge is -2.16. The molecule has 0 bridgehead atoms. The largest absolute Gasteiger partial charge is 0.454 e. The van der Waals surface area contributed by atoms with E-state index in [0.717, 1.165) is 17.7 Å². The first kappa shape index (κ1) is 22.6. The van der Waals surface area contributed by atoms with Crippen LogP contribution in [0.4, 0.5) is 8.78 Å². The van der Waals surface area contributed by atoms with Crippen LogP contribution in [0.3, 0.4) is 0 Å². The van der Waals surface area contributed by atoms with Crippen LogP contribution in [0.2, 0.25) is 0 Å². The molecule has 0 saturated carbocycles. The number of hydrogen-bond donors (Lipinski definition) is 2. The van der Waals surface area contributed by atoms with E-state index in [1.54, 1.807) is 43.7 Å². The third-order valence-electron chi connectivity index (χ3n) is 5.09. The molecule has 7 nitrogen and oxygen atoms in total. The first-order valence-electron chi connectivity index (χ1n) is 9.91. The predicted octanol–water partition coefficient (Wildman–Crippen LogP) is 3.33. The Kier molecular flexibility index (Phi) is 6.47. The standard InChI is InChI=1S/C23H19F2N3O4S/c1-28-13-19(18-12-26-8-7-16(18)23(28)29)17-10-14(6-9-27-33(30)31)2-4-21(17)32-22-5-3-15(24)11-20(22)25/h2-5,7-8,10-13,33H,6,9H2,1H3,(H,27,30,31). The van der Waals surface area contributed by atoms with Crippen molar-refractivity contribution in [3.63, 3.8) is 0 Å². The lowest BCUT2D eigenvalue weighted by molar-refractivity contribution is 0.439. The van der Waals surface area contributed by atoms with Crippen LogP contribution in [0, 0.1) is 11.6 Å². The number of pyridine rings is 2. The molecule has 2 heterocycles. The van der Waals surface area contributed by atoms with Gasteiger partial charge in [-0.3, -0.25) is 9.78 Å². The van der Waals surface area contributed by atoms with Gasteiger partial charge in [-0.05, 0) is 42.3 Å². The van der Waals surface area contributed by atoms with E-state index in [2.05, 4.69) is 9.71 Å². The second-order valence-corrected chi connectivity index (χ2v) is 8.13. The summed E-state index contributed by atoms with van der Waals surface area (Å²) in [5.74, 6) is -1.48. The molecule has 0 aliphatic heterocycles. The summed E-state index contributed by atoms with van der Waals surface area (Å²) < 4.78 is 58.8. The van der Waals surface area contributed by atoms with Crippen molar-refractivity contribution in [1.29, 1.82) is 0 Å². The Morgan fingerprint density at radius 1 is 1.03 bits per heavy atom. The van der Waals surface area contributed by atoms with Crippen molar-refractivity contribution < 1.29 is 21.9 Å². The van der Waals surface area contributed by atoms with Gasteiger partial charge >= 0.3 is 0 Å². The number of aromatic nitrogens is 2. The molecule has 0 spiro atoms. The van der Waals surface area contributed by atoms with E-state index in [1.165, 1.54) is 16.8 Å². The van der Waals surface area contributed by atoms with Gasteiger partial charge in [0.1, 0.15) is 11.6 Å². The molecule has 0 unspecified atom stereocenters. The molecule has 2 aromatic heterocycles. The average molecular weight is 471 g/mol. The van der Waals surface area contributed by atoms with Gasteiger partial charge in [-0.25, -0.2) is 21.9 Å². The summed E-state index contributed by atoms with van der Waals surface area (Å²) in [6.45, 7) is 0.195. The lowest BCUT2D eigenvalue weighted by Crippen LogP contribution is -2.17. The van der Waals surface area contributed by atoms with Gasteiger partial charge in [0, 0.05) is 54.8 Å². The zero-order chi connectivity index (χ0) is 23.5. The van der Waals surface area contributed by atoms with E-state index < -0.39 is 22.5 Å². The van der Waals surface area contributed by atoms with Crippen LogP contribution in [-0.4, -0.2) is 24.5 Å². The molecule has 0 saturated heterocycles. The highest BCUT2D eigenvalue weighted by Crippen LogP contribution is 2.37. The Balaban J connectivity index is 1.87. The number of aryl methyl sites for hydroxylation is 1. The van der Waals surface area contributed by atoms with E-state index in [9.17, 15) is 22.0 Å². The Labute approximate surface area is 189 Å². The van der Waals surface area contributed by atoms with Crippen molar-refractivity contribution in [2.45, 2.75) is 6.42 Å². The zero-order valence-electron chi connectivity index (χ0n) is 17.4. The average Bonchev–Trinajstić information content (AvgIpc) is 2.79. The predicted molar refractivity (Wildman–Crippen MR) is 121 cm³/mol. The van der Waals surface area contributed by atoms with Gasteiger partial charge in [0.05, 0.1) is 5.39 Å². The lowest BCUT2D eigenvalue weighted by atomic mass is 9.98. The van der Waals surface area contributed by atoms with Crippen LogP contribution in [0.5, 0.6) is 11.5 Å². The second kappa shape index (κ2) is 9.47. The topological polar surface area (TPSA) is 90.3 Å². The van der Waals surface area contributed by atoms with Crippen LogP contribution in [-0.2, 0) is 24.4 Å². The Morgan fingerprint density at radius 3 is 2.58 bits per heavy atom. The molecule has 170 valence electrons. The number of nitrogens with zero attached hydrogens (tertiary/aromatic N) is 2. The van der Waals surface area contributed by atoms with Crippen LogP contribution in [0.1, 0.15) is 5.56 Å². The van der Waals surface area contributed by atoms with Crippen molar-refractivity contribution >= 4 is 21.7 Å². The minimum atomic E-state index is -2.72. The highest BCUT2D eigenvalue weighted by atomic mass is 32.2. The molecular formula is C23H19F2N3O4S. The molecule has 2 aromatic carbocycles. The summed E-state index contributed by atoms with van der Waals surface area (Å²) in [5.41, 5.74) is 1.73. The van der Waals surface area contributed by atoms with Gasteiger partial charge < -0.3 is 9.30 Å². The molecular weight excluding hydrogens is 452 g/mol. The van der Waals surface area contributed by atoms with Crippen molar-refractivity contribution in [2.24, 2.45) is 7.05 Å². The quantitative estimate of drug-likeness (QED) is 0.404. The van der Waals surface area contributed by atoms with Crippen molar-refractivity contribution in [3.05, 3.63) is 88.6 Å². The molecule has 0 aliphatic carbocycles. The summed E-state index contributed by atoms with van der Waals surface area (Å²) in [4.78, 5) is 16.7. The van der Waals surface area contributed by atoms with E-state index in [4.69, 9.17) is 4.74 Å². The summed E-state index contributed by atoms with van der Waals surface area (Å²) in [6, 6.07) is 9.75. The maximum atomic E-state index is 14.3. The minimum Gasteiger partial charge on any atom is -0.454 e. The number of rotatable bonds is 7. The SMILES string of the molecule is Cn1cc(-c2cc(CCN[SH](=O)=O)ccc2Oc2ccc(F)cc2F)c2cnccc2c1=O. The highest BCUT2D eigenvalue weighted by molar-refractivity contribution is 7.70. The summed E-state index contributed by atoms with van der Waals surface area (Å²) >= 11 is 0. The molecule has 4 aromatic rings. The van der Waals surface area contributed by atoms with Crippen molar-refractivity contribution in [3.8, 4) is 22.6 Å². The maximum absolute atomic E-state index is 14.3. The summed E-state index contributed by atoms with van der Waals surface area (Å²) in [7, 11) is -1.10. The van der Waals surface area contributed by atoms with Crippen molar-refractivity contribution in [2.75, 3.05) is 6.54 Å². The van der Waals surface area contributed by atoms with Gasteiger partial charge in [0.2, 0.25) is 10.9 Å². The maximum Gasteiger partial charge on any atom is 0.258 e. The molecule has 0 aliphatic rings. The fraction of sp³-hybridized carbons (Fsp3) is 0.130. The van der Waals surface area contributed by atoms with Gasteiger partial charge in [-0.1, -0.05) is 6.07 Å². The Morgan fingerprint density at radius 2 is 1.82 bits per heavy atom. The molecule has 1 N–H and O–H groups in total. The van der Waals surface area contributed by atoms with Crippen LogP contribution in [0.15, 0.2) is 65.8 Å². The molecule has 0 atom stereocenters. The number of fused-ring (bicyclic) bond motifs is 1. The van der Waals surface area contributed by atoms with Crippen LogP contribution >= 0.6 is 0 Å². The fourth-order valence-electron chi connectivity index (χ4n) is 3.52. The fourth-order valence-corrected chi connectivity index (χ4v) is 3.82. The number of ether oxygens (including phenoxy) is 1. The summed E-state index contributed by atoms with van der Waals surface area (Å²) in [5, 5.41) is 1.02.